The normalized spacial score (nSPS) is 15.1. The van der Waals surface area contributed by atoms with Crippen molar-refractivity contribution in [2.75, 3.05) is 37.1 Å². The molecule has 1 aliphatic rings. The van der Waals surface area contributed by atoms with Gasteiger partial charge in [0.1, 0.15) is 6.61 Å². The highest BCUT2D eigenvalue weighted by Crippen LogP contribution is 2.37. The zero-order valence-corrected chi connectivity index (χ0v) is 21.9. The van der Waals surface area contributed by atoms with E-state index < -0.39 is 12.0 Å². The van der Waals surface area contributed by atoms with E-state index in [0.29, 0.717) is 43.2 Å². The number of aliphatic hydroxyl groups excluding tert-OH is 1. The van der Waals surface area contributed by atoms with E-state index in [1.165, 1.54) is 18.1 Å². The molecule has 1 heterocycles. The molecule has 0 spiro atoms. The smallest absolute Gasteiger partial charge is 0.414 e. The molecule has 8 nitrogen and oxygen atoms in total. The van der Waals surface area contributed by atoms with Crippen LogP contribution in [0, 0.1) is 0 Å². The zero-order valence-electron chi connectivity index (χ0n) is 20.3. The molecule has 36 heavy (non-hydrogen) atoms. The molecule has 0 bridgehead atoms. The molecule has 2 N–H and O–H groups in total. The maximum atomic E-state index is 13.3. The quantitative estimate of drug-likeness (QED) is 0.254. The van der Waals surface area contributed by atoms with Gasteiger partial charge in [0.2, 0.25) is 0 Å². The maximum Gasteiger partial charge on any atom is 0.414 e. The molecule has 0 atom stereocenters. The Balaban J connectivity index is 2.03. The molecular formula is C27H31BrN2O6. The van der Waals surface area contributed by atoms with Crippen molar-refractivity contribution in [1.82, 2.24) is 5.32 Å². The number of rotatable bonds is 9. The van der Waals surface area contributed by atoms with Crippen LogP contribution in [0.25, 0.3) is 5.57 Å². The number of halogens is 1. The average Bonchev–Trinajstić information content (AvgIpc) is 2.91. The predicted molar refractivity (Wildman–Crippen MR) is 143 cm³/mol. The van der Waals surface area contributed by atoms with Crippen LogP contribution in [0.2, 0.25) is 0 Å². The molecule has 0 unspecified atom stereocenters. The summed E-state index contributed by atoms with van der Waals surface area (Å²) in [4.78, 5) is 27.8. The molecule has 2 amide bonds. The molecule has 0 saturated carbocycles. The van der Waals surface area contributed by atoms with Gasteiger partial charge in [-0.25, -0.2) is 4.79 Å². The lowest BCUT2D eigenvalue weighted by Crippen LogP contribution is -2.35. The fraction of sp³-hybridized carbons (Fsp3) is 0.333. The summed E-state index contributed by atoms with van der Waals surface area (Å²) in [7, 11) is 1.50. The summed E-state index contributed by atoms with van der Waals surface area (Å²) in [5, 5.41) is 13.0. The van der Waals surface area contributed by atoms with Gasteiger partial charge in [-0.1, -0.05) is 52.9 Å². The standard InChI is InChI=1S/C27H31BrN2O6/c1-3-13-36-27(33)30-12-4-6-21(20-9-7-19(18-31)8-10-20)17-29-26(32)22-15-24(34-2)25(16-23(22)30)35-14-5-11-28/h3,7-10,15-17,31H,1,4-6,11-14,18H2,2H3,(H,29,32)/b21-17+. The summed E-state index contributed by atoms with van der Waals surface area (Å²) in [5.41, 5.74) is 3.25. The van der Waals surface area contributed by atoms with Crippen molar-refractivity contribution in [1.29, 1.82) is 0 Å². The summed E-state index contributed by atoms with van der Waals surface area (Å²) >= 11 is 3.38. The zero-order chi connectivity index (χ0) is 25.9. The number of nitrogens with zero attached hydrogens (tertiary/aromatic N) is 1. The number of carbonyl (C=O) groups is 2. The molecular weight excluding hydrogens is 528 g/mol. The lowest BCUT2D eigenvalue weighted by atomic mass is 9.99. The Bertz CT molecular complexity index is 1100. The molecule has 2 aromatic rings. The van der Waals surface area contributed by atoms with E-state index in [1.807, 2.05) is 24.3 Å². The van der Waals surface area contributed by atoms with E-state index in [4.69, 9.17) is 14.2 Å². The number of nitrogens with one attached hydrogen (secondary N) is 1. The minimum atomic E-state index is -0.584. The minimum Gasteiger partial charge on any atom is -0.493 e. The third-order valence-corrected chi connectivity index (χ3v) is 6.17. The molecule has 0 radical (unpaired) electrons. The van der Waals surface area contributed by atoms with Crippen molar-refractivity contribution >= 4 is 39.2 Å². The summed E-state index contributed by atoms with van der Waals surface area (Å²) in [5.74, 6) is 0.422. The Morgan fingerprint density at radius 3 is 2.69 bits per heavy atom. The number of aliphatic hydroxyl groups is 1. The van der Waals surface area contributed by atoms with Gasteiger partial charge in [0.15, 0.2) is 11.5 Å². The van der Waals surface area contributed by atoms with Gasteiger partial charge in [0.05, 0.1) is 31.6 Å². The first-order chi connectivity index (χ1) is 17.5. The van der Waals surface area contributed by atoms with Gasteiger partial charge >= 0.3 is 6.09 Å². The average molecular weight is 559 g/mol. The fourth-order valence-electron chi connectivity index (χ4n) is 3.76. The number of alkyl halides is 1. The molecule has 2 aromatic carbocycles. The monoisotopic (exact) mass is 558 g/mol. The van der Waals surface area contributed by atoms with Crippen LogP contribution in [-0.2, 0) is 11.3 Å². The van der Waals surface area contributed by atoms with Crippen molar-refractivity contribution < 1.29 is 28.9 Å². The first-order valence-electron chi connectivity index (χ1n) is 11.7. The second-order valence-electron chi connectivity index (χ2n) is 8.03. The number of methoxy groups -OCH3 is 1. The van der Waals surface area contributed by atoms with Gasteiger partial charge in [0.25, 0.3) is 5.91 Å². The van der Waals surface area contributed by atoms with E-state index >= 15 is 0 Å². The Kier molecular flexibility index (Phi) is 10.4. The van der Waals surface area contributed by atoms with Crippen molar-refractivity contribution in [3.63, 3.8) is 0 Å². The summed E-state index contributed by atoms with van der Waals surface area (Å²) in [6, 6.07) is 10.7. The first-order valence-corrected chi connectivity index (χ1v) is 12.8. The Labute approximate surface area is 219 Å². The third-order valence-electron chi connectivity index (χ3n) is 5.61. The Morgan fingerprint density at radius 2 is 2.03 bits per heavy atom. The number of allylic oxidation sites excluding steroid dienone is 1. The number of hydrogen-bond acceptors (Lipinski definition) is 6. The summed E-state index contributed by atoms with van der Waals surface area (Å²) < 4.78 is 16.7. The highest BCUT2D eigenvalue weighted by atomic mass is 79.9. The number of benzene rings is 2. The van der Waals surface area contributed by atoms with Gasteiger partial charge in [-0.2, -0.15) is 0 Å². The molecule has 0 aromatic heterocycles. The molecule has 3 rings (SSSR count). The third kappa shape index (κ3) is 6.89. The first kappa shape index (κ1) is 27.3. The Hall–Kier alpha value is -3.30. The molecule has 1 aliphatic heterocycles. The summed E-state index contributed by atoms with van der Waals surface area (Å²) in [6.07, 6.45) is 4.59. The maximum absolute atomic E-state index is 13.3. The van der Waals surface area contributed by atoms with Crippen molar-refractivity contribution in [3.05, 3.63) is 71.9 Å². The lowest BCUT2D eigenvalue weighted by molar-refractivity contribution is 0.0970. The number of ether oxygens (including phenoxy) is 3. The van der Waals surface area contributed by atoms with Gasteiger partial charge < -0.3 is 24.6 Å². The van der Waals surface area contributed by atoms with Crippen LogP contribution in [0.4, 0.5) is 10.5 Å². The van der Waals surface area contributed by atoms with Crippen LogP contribution in [-0.4, -0.2) is 49.3 Å². The lowest BCUT2D eigenvalue weighted by Gasteiger charge is -2.26. The van der Waals surface area contributed by atoms with Crippen LogP contribution < -0.4 is 19.7 Å². The van der Waals surface area contributed by atoms with E-state index in [9.17, 15) is 14.7 Å². The van der Waals surface area contributed by atoms with Crippen molar-refractivity contribution in [3.8, 4) is 11.5 Å². The fourth-order valence-corrected chi connectivity index (χ4v) is 3.99. The van der Waals surface area contributed by atoms with Crippen LogP contribution in [0.1, 0.15) is 40.7 Å². The second kappa shape index (κ2) is 13.7. The molecule has 0 aliphatic carbocycles. The van der Waals surface area contributed by atoms with Crippen molar-refractivity contribution in [2.45, 2.75) is 25.9 Å². The van der Waals surface area contributed by atoms with Crippen LogP contribution in [0.3, 0.4) is 0 Å². The topological polar surface area (TPSA) is 97.3 Å². The van der Waals surface area contributed by atoms with E-state index in [1.54, 1.807) is 18.3 Å². The van der Waals surface area contributed by atoms with E-state index in [2.05, 4.69) is 27.8 Å². The molecule has 192 valence electrons. The van der Waals surface area contributed by atoms with Gasteiger partial charge in [-0.15, -0.1) is 0 Å². The van der Waals surface area contributed by atoms with Gasteiger partial charge in [0, 0.05) is 24.1 Å². The van der Waals surface area contributed by atoms with Crippen LogP contribution in [0.5, 0.6) is 11.5 Å². The molecule has 0 fully saturated rings. The van der Waals surface area contributed by atoms with Crippen LogP contribution >= 0.6 is 15.9 Å². The second-order valence-corrected chi connectivity index (χ2v) is 8.82. The highest BCUT2D eigenvalue weighted by Gasteiger charge is 2.27. The number of anilines is 1. The van der Waals surface area contributed by atoms with Crippen LogP contribution in [0.15, 0.2) is 55.3 Å². The van der Waals surface area contributed by atoms with Gasteiger partial charge in [-0.05, 0) is 42.0 Å². The Morgan fingerprint density at radius 1 is 1.25 bits per heavy atom. The molecule has 9 heteroatoms. The largest absolute Gasteiger partial charge is 0.493 e. The number of fused-ring (bicyclic) bond motifs is 1. The highest BCUT2D eigenvalue weighted by molar-refractivity contribution is 9.09. The van der Waals surface area contributed by atoms with E-state index in [-0.39, 0.29) is 18.8 Å². The number of amides is 2. The minimum absolute atomic E-state index is 0.0434. The summed E-state index contributed by atoms with van der Waals surface area (Å²) in [6.45, 7) is 4.36. The predicted octanol–water partition coefficient (Wildman–Crippen LogP) is 5.05. The number of hydrogen-bond donors (Lipinski definition) is 2. The number of carbonyl (C=O) groups excluding carboxylic acids is 2. The van der Waals surface area contributed by atoms with E-state index in [0.717, 1.165) is 28.5 Å². The SMILES string of the molecule is C=CCOC(=O)N1CCC/C(c2ccc(CO)cc2)=C\NC(=O)c2cc(OC)c(OCCCBr)cc21. The van der Waals surface area contributed by atoms with Crippen molar-refractivity contribution in [2.24, 2.45) is 0 Å². The van der Waals surface area contributed by atoms with Gasteiger partial charge in [-0.3, -0.25) is 9.69 Å². The molecule has 0 saturated heterocycles.